The van der Waals surface area contributed by atoms with Gasteiger partial charge in [-0.25, -0.2) is 4.79 Å². The minimum Gasteiger partial charge on any atom is -0.478 e. The van der Waals surface area contributed by atoms with Crippen molar-refractivity contribution in [2.75, 3.05) is 7.11 Å². The quantitative estimate of drug-likeness (QED) is 0.748. The van der Waals surface area contributed by atoms with Gasteiger partial charge in [-0.05, 0) is 37.5 Å². The van der Waals surface area contributed by atoms with Gasteiger partial charge < -0.3 is 9.47 Å². The van der Waals surface area contributed by atoms with E-state index in [1.165, 1.54) is 7.11 Å². The van der Waals surface area contributed by atoms with Crippen molar-refractivity contribution in [2.24, 2.45) is 0 Å². The molecule has 100 valence electrons. The van der Waals surface area contributed by atoms with Gasteiger partial charge in [-0.15, -0.1) is 0 Å². The fraction of sp³-hybridized carbons (Fsp3) is 0.500. The van der Waals surface area contributed by atoms with Crippen LogP contribution in [-0.2, 0) is 9.53 Å². The Hall–Kier alpha value is -1.03. The first-order valence-corrected chi connectivity index (χ1v) is 6.88. The predicted octanol–water partition coefficient (Wildman–Crippen LogP) is 3.87. The summed E-state index contributed by atoms with van der Waals surface area (Å²) >= 11 is 3.40. The standard InChI is InChI=1S/C14H19BrO3/c1-4-5-6-12(14(16)17-3)18-13-9-11(15)8-7-10(13)2/h7-9,12H,4-6H2,1-3H3. The van der Waals surface area contributed by atoms with E-state index in [9.17, 15) is 4.79 Å². The van der Waals surface area contributed by atoms with Gasteiger partial charge in [0.05, 0.1) is 7.11 Å². The van der Waals surface area contributed by atoms with Crippen LogP contribution in [0, 0.1) is 6.92 Å². The SMILES string of the molecule is CCCCC(Oc1cc(Br)ccc1C)C(=O)OC. The van der Waals surface area contributed by atoms with Crippen molar-refractivity contribution < 1.29 is 14.3 Å². The van der Waals surface area contributed by atoms with Crippen molar-refractivity contribution in [3.8, 4) is 5.75 Å². The van der Waals surface area contributed by atoms with Crippen molar-refractivity contribution in [2.45, 2.75) is 39.2 Å². The molecule has 0 saturated carbocycles. The zero-order valence-corrected chi connectivity index (χ0v) is 12.6. The largest absolute Gasteiger partial charge is 0.478 e. The highest BCUT2D eigenvalue weighted by Crippen LogP contribution is 2.25. The van der Waals surface area contributed by atoms with Crippen molar-refractivity contribution >= 4 is 21.9 Å². The molecular weight excluding hydrogens is 296 g/mol. The Bertz CT molecular complexity index is 404. The van der Waals surface area contributed by atoms with Crippen molar-refractivity contribution in [1.29, 1.82) is 0 Å². The Morgan fingerprint density at radius 2 is 2.17 bits per heavy atom. The van der Waals surface area contributed by atoms with E-state index in [1.807, 2.05) is 25.1 Å². The van der Waals surface area contributed by atoms with Gasteiger partial charge in [0.15, 0.2) is 6.10 Å². The first-order chi connectivity index (χ1) is 8.58. The number of aryl methyl sites for hydroxylation is 1. The summed E-state index contributed by atoms with van der Waals surface area (Å²) in [6, 6.07) is 5.77. The highest BCUT2D eigenvalue weighted by atomic mass is 79.9. The van der Waals surface area contributed by atoms with Crippen LogP contribution in [0.2, 0.25) is 0 Å². The first-order valence-electron chi connectivity index (χ1n) is 6.09. The molecule has 0 bridgehead atoms. The second kappa shape index (κ2) is 7.41. The molecule has 0 fully saturated rings. The molecule has 4 heteroatoms. The van der Waals surface area contributed by atoms with Crippen molar-refractivity contribution in [1.82, 2.24) is 0 Å². The van der Waals surface area contributed by atoms with Crippen molar-refractivity contribution in [3.05, 3.63) is 28.2 Å². The molecular formula is C14H19BrO3. The van der Waals surface area contributed by atoms with E-state index in [-0.39, 0.29) is 5.97 Å². The highest BCUT2D eigenvalue weighted by Gasteiger charge is 2.21. The van der Waals surface area contributed by atoms with Crippen LogP contribution in [-0.4, -0.2) is 19.2 Å². The molecule has 0 saturated heterocycles. The molecule has 0 aromatic heterocycles. The van der Waals surface area contributed by atoms with E-state index in [0.29, 0.717) is 6.42 Å². The minimum absolute atomic E-state index is 0.317. The van der Waals surface area contributed by atoms with Gasteiger partial charge in [0.1, 0.15) is 5.75 Å². The molecule has 0 N–H and O–H groups in total. The van der Waals surface area contributed by atoms with Crippen LogP contribution < -0.4 is 4.74 Å². The summed E-state index contributed by atoms with van der Waals surface area (Å²) in [6.45, 7) is 4.04. The van der Waals surface area contributed by atoms with Gasteiger partial charge in [0.25, 0.3) is 0 Å². The third kappa shape index (κ3) is 4.33. The van der Waals surface area contributed by atoms with Crippen LogP contribution in [0.1, 0.15) is 31.7 Å². The maximum Gasteiger partial charge on any atom is 0.347 e. The number of hydrogen-bond donors (Lipinski definition) is 0. The normalized spacial score (nSPS) is 12.0. The second-order valence-corrected chi connectivity index (χ2v) is 5.10. The zero-order valence-electron chi connectivity index (χ0n) is 11.0. The summed E-state index contributed by atoms with van der Waals surface area (Å²) < 4.78 is 11.5. The summed E-state index contributed by atoms with van der Waals surface area (Å²) in [7, 11) is 1.39. The van der Waals surface area contributed by atoms with E-state index in [1.54, 1.807) is 0 Å². The van der Waals surface area contributed by atoms with E-state index in [4.69, 9.17) is 9.47 Å². The minimum atomic E-state index is -0.525. The molecule has 1 aromatic rings. The lowest BCUT2D eigenvalue weighted by atomic mass is 10.1. The molecule has 3 nitrogen and oxygen atoms in total. The average molecular weight is 315 g/mol. The first kappa shape index (κ1) is 15.0. The number of esters is 1. The van der Waals surface area contributed by atoms with Gasteiger partial charge in [-0.3, -0.25) is 0 Å². The van der Waals surface area contributed by atoms with Crippen LogP contribution in [0.3, 0.4) is 0 Å². The maximum absolute atomic E-state index is 11.7. The Morgan fingerprint density at radius 3 is 2.78 bits per heavy atom. The Kier molecular flexibility index (Phi) is 6.19. The third-order valence-corrected chi connectivity index (χ3v) is 3.20. The second-order valence-electron chi connectivity index (χ2n) is 4.18. The van der Waals surface area contributed by atoms with Crippen LogP contribution in [0.25, 0.3) is 0 Å². The van der Waals surface area contributed by atoms with Crippen LogP contribution >= 0.6 is 15.9 Å². The van der Waals surface area contributed by atoms with E-state index < -0.39 is 6.10 Å². The lowest BCUT2D eigenvalue weighted by molar-refractivity contribution is -0.149. The summed E-state index contributed by atoms with van der Waals surface area (Å²) in [5, 5.41) is 0. The van der Waals surface area contributed by atoms with Gasteiger partial charge in [-0.1, -0.05) is 35.3 Å². The predicted molar refractivity (Wildman–Crippen MR) is 74.8 cm³/mol. The summed E-state index contributed by atoms with van der Waals surface area (Å²) in [5.74, 6) is 0.402. The summed E-state index contributed by atoms with van der Waals surface area (Å²) in [5.41, 5.74) is 1.00. The third-order valence-electron chi connectivity index (χ3n) is 2.70. The fourth-order valence-corrected chi connectivity index (χ4v) is 1.94. The maximum atomic E-state index is 11.7. The number of hydrogen-bond acceptors (Lipinski definition) is 3. The molecule has 1 atom stereocenters. The van der Waals surface area contributed by atoms with Gasteiger partial charge in [0, 0.05) is 4.47 Å². The molecule has 0 aliphatic heterocycles. The van der Waals surface area contributed by atoms with E-state index in [0.717, 1.165) is 28.6 Å². The highest BCUT2D eigenvalue weighted by molar-refractivity contribution is 9.10. The number of carbonyl (C=O) groups excluding carboxylic acids is 1. The van der Waals surface area contributed by atoms with E-state index >= 15 is 0 Å². The number of carbonyl (C=O) groups is 1. The van der Waals surface area contributed by atoms with Gasteiger partial charge >= 0.3 is 5.97 Å². The Balaban J connectivity index is 2.81. The van der Waals surface area contributed by atoms with E-state index in [2.05, 4.69) is 22.9 Å². The lowest BCUT2D eigenvalue weighted by Crippen LogP contribution is -2.28. The molecule has 1 rings (SSSR count). The lowest BCUT2D eigenvalue weighted by Gasteiger charge is -2.18. The molecule has 0 aliphatic carbocycles. The van der Waals surface area contributed by atoms with Crippen LogP contribution in [0.15, 0.2) is 22.7 Å². The van der Waals surface area contributed by atoms with Crippen molar-refractivity contribution in [3.63, 3.8) is 0 Å². The fourth-order valence-electron chi connectivity index (χ4n) is 1.60. The summed E-state index contributed by atoms with van der Waals surface area (Å²) in [4.78, 5) is 11.7. The average Bonchev–Trinajstić information content (AvgIpc) is 2.37. The topological polar surface area (TPSA) is 35.5 Å². The Morgan fingerprint density at radius 1 is 1.44 bits per heavy atom. The molecule has 0 spiro atoms. The van der Waals surface area contributed by atoms with Gasteiger partial charge in [0.2, 0.25) is 0 Å². The molecule has 0 radical (unpaired) electrons. The number of methoxy groups -OCH3 is 1. The molecule has 0 aliphatic rings. The number of halogens is 1. The molecule has 0 heterocycles. The smallest absolute Gasteiger partial charge is 0.347 e. The number of ether oxygens (including phenoxy) is 2. The molecule has 1 unspecified atom stereocenters. The number of benzene rings is 1. The summed E-state index contributed by atoms with van der Waals surface area (Å²) in [6.07, 6.45) is 2.11. The molecule has 0 amide bonds. The zero-order chi connectivity index (χ0) is 13.5. The van der Waals surface area contributed by atoms with Crippen LogP contribution in [0.5, 0.6) is 5.75 Å². The van der Waals surface area contributed by atoms with Crippen LogP contribution in [0.4, 0.5) is 0 Å². The molecule has 1 aromatic carbocycles. The monoisotopic (exact) mass is 314 g/mol. The number of unbranched alkanes of at least 4 members (excludes halogenated alkanes) is 1. The Labute approximate surface area is 117 Å². The number of rotatable bonds is 6. The van der Waals surface area contributed by atoms with Gasteiger partial charge in [-0.2, -0.15) is 0 Å². The molecule has 18 heavy (non-hydrogen) atoms.